The molecule has 2 atom stereocenters. The van der Waals surface area contributed by atoms with Gasteiger partial charge in [0.2, 0.25) is 5.95 Å². The molecule has 2 aromatic heterocycles. The van der Waals surface area contributed by atoms with Crippen molar-refractivity contribution in [1.82, 2.24) is 19.5 Å². The van der Waals surface area contributed by atoms with Gasteiger partial charge in [-0.15, -0.1) is 0 Å². The van der Waals surface area contributed by atoms with Crippen LogP contribution in [-0.2, 0) is 6.54 Å². The summed E-state index contributed by atoms with van der Waals surface area (Å²) in [5.74, 6) is 0.908. The highest BCUT2D eigenvalue weighted by atomic mass is 16.3. The lowest BCUT2D eigenvalue weighted by atomic mass is 10.3. The third kappa shape index (κ3) is 1.68. The molecule has 17 heavy (non-hydrogen) atoms. The number of aliphatic hydroxyl groups is 1. The lowest BCUT2D eigenvalue weighted by Crippen LogP contribution is -2.12. The van der Waals surface area contributed by atoms with Crippen LogP contribution in [-0.4, -0.2) is 31.2 Å². The summed E-state index contributed by atoms with van der Waals surface area (Å²) in [7, 11) is 0. The van der Waals surface area contributed by atoms with Crippen molar-refractivity contribution in [3.63, 3.8) is 0 Å². The van der Waals surface area contributed by atoms with Crippen molar-refractivity contribution in [3.05, 3.63) is 16.7 Å². The fourth-order valence-corrected chi connectivity index (χ4v) is 2.11. The Hall–Kier alpha value is -1.89. The smallest absolute Gasteiger partial charge is 0.280 e. The van der Waals surface area contributed by atoms with E-state index in [-0.39, 0.29) is 18.1 Å². The second-order valence-electron chi connectivity index (χ2n) is 4.46. The molecule has 0 radical (unpaired) electrons. The molecule has 0 unspecified atom stereocenters. The van der Waals surface area contributed by atoms with Crippen molar-refractivity contribution >= 4 is 17.1 Å². The van der Waals surface area contributed by atoms with E-state index in [1.54, 1.807) is 6.33 Å². The summed E-state index contributed by atoms with van der Waals surface area (Å²) in [6, 6.07) is 0. The second kappa shape index (κ2) is 3.56. The summed E-state index contributed by atoms with van der Waals surface area (Å²) in [6.45, 7) is 0.936. The van der Waals surface area contributed by atoms with Gasteiger partial charge in [0.25, 0.3) is 5.56 Å². The Morgan fingerprint density at radius 2 is 2.41 bits per heavy atom. The quantitative estimate of drug-likeness (QED) is 0.653. The van der Waals surface area contributed by atoms with Gasteiger partial charge in [-0.3, -0.25) is 9.78 Å². The Morgan fingerprint density at radius 1 is 1.59 bits per heavy atom. The summed E-state index contributed by atoms with van der Waals surface area (Å²) < 4.78 is 1.82. The van der Waals surface area contributed by atoms with E-state index in [2.05, 4.69) is 15.0 Å². The summed E-state index contributed by atoms with van der Waals surface area (Å²) in [4.78, 5) is 22.1. The van der Waals surface area contributed by atoms with Crippen molar-refractivity contribution in [2.45, 2.75) is 13.0 Å². The number of hydrogen-bond donors (Lipinski definition) is 3. The molecular weight excluding hydrogens is 222 g/mol. The Kier molecular flexibility index (Phi) is 2.15. The highest BCUT2D eigenvalue weighted by Crippen LogP contribution is 2.39. The minimum absolute atomic E-state index is 0.0961. The monoisotopic (exact) mass is 235 g/mol. The van der Waals surface area contributed by atoms with Gasteiger partial charge in [-0.05, 0) is 18.3 Å². The number of H-pyrrole nitrogens is 1. The molecule has 1 fully saturated rings. The van der Waals surface area contributed by atoms with Gasteiger partial charge in [-0.2, -0.15) is 4.98 Å². The Labute approximate surface area is 96.3 Å². The molecule has 0 bridgehead atoms. The zero-order valence-corrected chi connectivity index (χ0v) is 9.13. The molecule has 7 heteroatoms. The molecule has 1 saturated carbocycles. The van der Waals surface area contributed by atoms with Crippen molar-refractivity contribution in [1.29, 1.82) is 0 Å². The topological polar surface area (TPSA) is 110 Å². The Balaban J connectivity index is 1.98. The third-order valence-electron chi connectivity index (χ3n) is 3.23. The number of fused-ring (bicyclic) bond motifs is 1. The zero-order valence-electron chi connectivity index (χ0n) is 9.13. The number of nitrogen functional groups attached to an aromatic ring is 1. The lowest BCUT2D eigenvalue weighted by Gasteiger charge is -2.02. The van der Waals surface area contributed by atoms with E-state index in [0.717, 1.165) is 13.0 Å². The maximum Gasteiger partial charge on any atom is 0.280 e. The van der Waals surface area contributed by atoms with Crippen LogP contribution in [0.4, 0.5) is 5.95 Å². The van der Waals surface area contributed by atoms with Gasteiger partial charge in [0.1, 0.15) is 0 Å². The summed E-state index contributed by atoms with van der Waals surface area (Å²) in [5, 5.41) is 8.99. The molecule has 90 valence electrons. The second-order valence-corrected chi connectivity index (χ2v) is 4.46. The van der Waals surface area contributed by atoms with Gasteiger partial charge in [0, 0.05) is 13.2 Å². The molecular formula is C10H13N5O2. The normalized spacial score (nSPS) is 23.1. The lowest BCUT2D eigenvalue weighted by molar-refractivity contribution is 0.266. The number of aromatic nitrogens is 4. The van der Waals surface area contributed by atoms with E-state index < -0.39 is 0 Å². The molecule has 2 aromatic rings. The predicted octanol–water partition coefficient (Wildman–Crippen LogP) is -0.670. The zero-order chi connectivity index (χ0) is 12.0. The average molecular weight is 235 g/mol. The molecule has 0 aromatic carbocycles. The van der Waals surface area contributed by atoms with E-state index in [1.165, 1.54) is 0 Å². The largest absolute Gasteiger partial charge is 0.396 e. The number of nitrogens with zero attached hydrogens (tertiary/aromatic N) is 3. The molecule has 1 aliphatic rings. The molecule has 0 aliphatic heterocycles. The van der Waals surface area contributed by atoms with E-state index in [1.807, 2.05) is 4.57 Å². The van der Waals surface area contributed by atoms with Crippen LogP contribution < -0.4 is 11.3 Å². The number of aliphatic hydroxyl groups excluding tert-OH is 1. The first kappa shape index (κ1) is 10.3. The van der Waals surface area contributed by atoms with Crippen LogP contribution in [0, 0.1) is 11.8 Å². The van der Waals surface area contributed by atoms with Crippen LogP contribution >= 0.6 is 0 Å². The average Bonchev–Trinajstić information content (AvgIpc) is 2.92. The number of anilines is 1. The maximum atomic E-state index is 11.5. The number of hydrogen-bond acceptors (Lipinski definition) is 5. The van der Waals surface area contributed by atoms with Crippen LogP contribution in [0.5, 0.6) is 0 Å². The molecule has 7 nitrogen and oxygen atoms in total. The van der Waals surface area contributed by atoms with Crippen LogP contribution in [0.2, 0.25) is 0 Å². The van der Waals surface area contributed by atoms with E-state index in [0.29, 0.717) is 23.0 Å². The predicted molar refractivity (Wildman–Crippen MR) is 61.2 cm³/mol. The first-order valence-corrected chi connectivity index (χ1v) is 5.50. The molecule has 3 rings (SSSR count). The molecule has 1 aliphatic carbocycles. The number of nitrogens with one attached hydrogen (secondary N) is 1. The van der Waals surface area contributed by atoms with Crippen LogP contribution in [0.3, 0.4) is 0 Å². The van der Waals surface area contributed by atoms with Gasteiger partial charge in [0.15, 0.2) is 11.2 Å². The van der Waals surface area contributed by atoms with E-state index in [4.69, 9.17) is 10.8 Å². The maximum absolute atomic E-state index is 11.5. The number of aromatic amines is 1. The third-order valence-corrected chi connectivity index (χ3v) is 3.23. The summed E-state index contributed by atoms with van der Waals surface area (Å²) in [6.07, 6.45) is 2.61. The summed E-state index contributed by atoms with van der Waals surface area (Å²) >= 11 is 0. The highest BCUT2D eigenvalue weighted by molar-refractivity contribution is 5.70. The fourth-order valence-electron chi connectivity index (χ4n) is 2.11. The van der Waals surface area contributed by atoms with Gasteiger partial charge in [0.05, 0.1) is 6.33 Å². The SMILES string of the molecule is Nc1nc2c(ncn2C[C@H]2C[C@H]2CO)c(=O)[nH]1. The molecule has 2 heterocycles. The van der Waals surface area contributed by atoms with Crippen LogP contribution in [0.1, 0.15) is 6.42 Å². The van der Waals surface area contributed by atoms with Gasteiger partial charge in [-0.1, -0.05) is 0 Å². The number of nitrogens with two attached hydrogens (primary N) is 1. The minimum Gasteiger partial charge on any atom is -0.396 e. The van der Waals surface area contributed by atoms with Crippen LogP contribution in [0.15, 0.2) is 11.1 Å². The summed E-state index contributed by atoms with van der Waals surface area (Å²) in [5.41, 5.74) is 6.00. The molecule has 0 saturated heterocycles. The minimum atomic E-state index is -0.319. The fraction of sp³-hybridized carbons (Fsp3) is 0.500. The van der Waals surface area contributed by atoms with Crippen molar-refractivity contribution < 1.29 is 5.11 Å². The number of imidazole rings is 1. The van der Waals surface area contributed by atoms with Crippen molar-refractivity contribution in [2.24, 2.45) is 11.8 Å². The molecule has 4 N–H and O–H groups in total. The number of rotatable bonds is 3. The first-order valence-electron chi connectivity index (χ1n) is 5.50. The van der Waals surface area contributed by atoms with Gasteiger partial charge >= 0.3 is 0 Å². The van der Waals surface area contributed by atoms with Gasteiger partial charge < -0.3 is 15.4 Å². The van der Waals surface area contributed by atoms with Gasteiger partial charge in [-0.25, -0.2) is 4.98 Å². The highest BCUT2D eigenvalue weighted by Gasteiger charge is 2.36. The van der Waals surface area contributed by atoms with E-state index >= 15 is 0 Å². The molecule has 0 amide bonds. The van der Waals surface area contributed by atoms with E-state index in [9.17, 15) is 4.79 Å². The Morgan fingerprint density at radius 3 is 3.12 bits per heavy atom. The molecule has 0 spiro atoms. The van der Waals surface area contributed by atoms with Crippen LogP contribution in [0.25, 0.3) is 11.2 Å². The Bertz CT molecular complexity index is 617. The first-order chi connectivity index (χ1) is 8.19. The standard InChI is InChI=1S/C10H13N5O2/c11-10-13-8-7(9(17)14-10)12-4-15(8)2-5-1-6(5)3-16/h4-6,16H,1-3H2,(H3,11,13,14,17)/t5-,6+/m1/s1. The van der Waals surface area contributed by atoms with Crippen molar-refractivity contribution in [2.75, 3.05) is 12.3 Å². The van der Waals surface area contributed by atoms with Crippen molar-refractivity contribution in [3.8, 4) is 0 Å².